The topological polar surface area (TPSA) is 157 Å². The number of hydrogen-bond acceptors (Lipinski definition) is 8. The maximum atomic E-state index is 15.3. The van der Waals surface area contributed by atoms with E-state index in [-0.39, 0.29) is 35.2 Å². The van der Waals surface area contributed by atoms with Crippen molar-refractivity contribution in [2.24, 2.45) is 0 Å². The molecule has 16 heteroatoms. The second-order valence-corrected chi connectivity index (χ2v) is 12.8. The number of fused-ring (bicyclic) bond motifs is 1. The van der Waals surface area contributed by atoms with Gasteiger partial charge in [-0.1, -0.05) is 6.07 Å². The molecule has 2 fully saturated rings. The number of carbonyl (C=O) groups is 1. The van der Waals surface area contributed by atoms with Gasteiger partial charge in [0.25, 0.3) is 0 Å². The third kappa shape index (κ3) is 5.03. The average molecular weight is 654 g/mol. The number of nitrogens with two attached hydrogens (primary N) is 1. The SMILES string of the molecule is Cc1cc(Oc2c(F)cccc2F)ncc1-n1ncc(C(=O)c2cc3cc(F)c(N4CC5(CCOCC5)NS4(=O)=O)cc3[nH]2)c1N. The van der Waals surface area contributed by atoms with Gasteiger partial charge in [0.05, 0.1) is 47.1 Å². The Kier molecular flexibility index (Phi) is 7.02. The first-order valence-corrected chi connectivity index (χ1v) is 15.6. The number of ether oxygens (including phenoxy) is 2. The number of ketones is 1. The van der Waals surface area contributed by atoms with Gasteiger partial charge >= 0.3 is 10.2 Å². The van der Waals surface area contributed by atoms with Gasteiger partial charge in [0, 0.05) is 30.2 Å². The molecule has 46 heavy (non-hydrogen) atoms. The fourth-order valence-electron chi connectivity index (χ4n) is 5.77. The summed E-state index contributed by atoms with van der Waals surface area (Å²) in [4.78, 5) is 20.6. The fourth-order valence-corrected chi connectivity index (χ4v) is 7.51. The van der Waals surface area contributed by atoms with Crippen LogP contribution in [0.5, 0.6) is 11.6 Å². The number of aromatic nitrogens is 4. The zero-order valence-electron chi connectivity index (χ0n) is 24.2. The monoisotopic (exact) mass is 653 g/mol. The second kappa shape index (κ2) is 10.9. The lowest BCUT2D eigenvalue weighted by atomic mass is 9.91. The molecule has 0 saturated carbocycles. The Morgan fingerprint density at radius 3 is 2.50 bits per heavy atom. The van der Waals surface area contributed by atoms with Crippen molar-refractivity contribution in [3.8, 4) is 17.3 Å². The number of carbonyl (C=O) groups excluding carboxylic acids is 1. The molecule has 2 aromatic carbocycles. The predicted octanol–water partition coefficient (Wildman–Crippen LogP) is 4.28. The van der Waals surface area contributed by atoms with Crippen LogP contribution in [0.1, 0.15) is 34.5 Å². The van der Waals surface area contributed by atoms with E-state index >= 15 is 4.39 Å². The van der Waals surface area contributed by atoms with Crippen molar-refractivity contribution < 1.29 is 35.9 Å². The summed E-state index contributed by atoms with van der Waals surface area (Å²) >= 11 is 0. The van der Waals surface area contributed by atoms with Gasteiger partial charge in [0.2, 0.25) is 17.4 Å². The van der Waals surface area contributed by atoms with Crippen molar-refractivity contribution in [1.29, 1.82) is 0 Å². The Morgan fingerprint density at radius 1 is 1.04 bits per heavy atom. The zero-order valence-corrected chi connectivity index (χ0v) is 25.0. The lowest BCUT2D eigenvalue weighted by Gasteiger charge is -2.31. The molecule has 7 rings (SSSR count). The first-order chi connectivity index (χ1) is 21.9. The summed E-state index contributed by atoms with van der Waals surface area (Å²) in [6.07, 6.45) is 3.53. The van der Waals surface area contributed by atoms with Gasteiger partial charge < -0.3 is 20.2 Å². The van der Waals surface area contributed by atoms with Gasteiger partial charge in [0.1, 0.15) is 11.6 Å². The van der Waals surface area contributed by atoms with Crippen LogP contribution in [0, 0.1) is 24.4 Å². The summed E-state index contributed by atoms with van der Waals surface area (Å²) in [6, 6.07) is 8.74. The molecule has 5 heterocycles. The van der Waals surface area contributed by atoms with Crippen molar-refractivity contribution in [3.63, 3.8) is 0 Å². The number of pyridine rings is 1. The van der Waals surface area contributed by atoms with E-state index in [1.807, 2.05) is 0 Å². The number of benzene rings is 2. The summed E-state index contributed by atoms with van der Waals surface area (Å²) in [5.41, 5.74) is 6.79. The van der Waals surface area contributed by atoms with Gasteiger partial charge in [-0.15, -0.1) is 0 Å². The third-order valence-electron chi connectivity index (χ3n) is 8.20. The molecule has 0 bridgehead atoms. The normalized spacial score (nSPS) is 17.2. The molecule has 0 atom stereocenters. The lowest BCUT2D eigenvalue weighted by molar-refractivity contribution is 0.0537. The first-order valence-electron chi connectivity index (χ1n) is 14.1. The number of rotatable bonds is 6. The molecule has 1 spiro atoms. The number of nitrogen functional groups attached to an aromatic ring is 1. The maximum Gasteiger partial charge on any atom is 0.302 e. The quantitative estimate of drug-likeness (QED) is 0.229. The van der Waals surface area contributed by atoms with E-state index in [1.54, 1.807) is 6.92 Å². The minimum atomic E-state index is -4.01. The van der Waals surface area contributed by atoms with Crippen LogP contribution in [0.3, 0.4) is 0 Å². The van der Waals surface area contributed by atoms with E-state index in [1.165, 1.54) is 47.4 Å². The number of nitrogens with one attached hydrogen (secondary N) is 2. The number of aryl methyl sites for hydroxylation is 1. The van der Waals surface area contributed by atoms with Crippen molar-refractivity contribution in [2.45, 2.75) is 25.3 Å². The Morgan fingerprint density at radius 2 is 1.78 bits per heavy atom. The van der Waals surface area contributed by atoms with E-state index < -0.39 is 44.7 Å². The van der Waals surface area contributed by atoms with Crippen LogP contribution in [0.4, 0.5) is 24.7 Å². The number of anilines is 2. The molecule has 12 nitrogen and oxygen atoms in total. The van der Waals surface area contributed by atoms with Crippen LogP contribution in [0.2, 0.25) is 0 Å². The highest BCUT2D eigenvalue weighted by atomic mass is 32.2. The fraction of sp³-hybridized carbons (Fsp3) is 0.233. The average Bonchev–Trinajstić information content (AvgIpc) is 3.67. The zero-order chi connectivity index (χ0) is 32.4. The molecular formula is C30H26F3N7O5S. The van der Waals surface area contributed by atoms with Gasteiger partial charge in [0.15, 0.2) is 11.6 Å². The van der Waals surface area contributed by atoms with Gasteiger partial charge in [-0.25, -0.2) is 22.8 Å². The highest BCUT2D eigenvalue weighted by molar-refractivity contribution is 7.91. The van der Waals surface area contributed by atoms with Crippen LogP contribution in [0.25, 0.3) is 16.6 Å². The minimum Gasteiger partial charge on any atom is -0.433 e. The van der Waals surface area contributed by atoms with Gasteiger partial charge in [-0.3, -0.25) is 9.10 Å². The molecule has 0 amide bonds. The summed E-state index contributed by atoms with van der Waals surface area (Å²) in [7, 11) is -4.01. The molecule has 2 aliphatic rings. The van der Waals surface area contributed by atoms with E-state index in [0.29, 0.717) is 48.2 Å². The smallest absolute Gasteiger partial charge is 0.302 e. The summed E-state index contributed by atoms with van der Waals surface area (Å²) < 4.78 is 85.1. The Hall–Kier alpha value is -4.93. The number of H-pyrrole nitrogens is 1. The molecule has 238 valence electrons. The Labute approximate surface area is 260 Å². The van der Waals surface area contributed by atoms with Crippen molar-refractivity contribution >= 4 is 38.4 Å². The van der Waals surface area contributed by atoms with Crippen LogP contribution < -0.4 is 19.5 Å². The number of nitrogens with zero attached hydrogens (tertiary/aromatic N) is 4. The number of hydrogen-bond donors (Lipinski definition) is 3. The molecule has 3 aromatic heterocycles. The molecule has 0 unspecified atom stereocenters. The van der Waals surface area contributed by atoms with Crippen LogP contribution in [0.15, 0.2) is 54.9 Å². The molecule has 4 N–H and O–H groups in total. The molecule has 5 aromatic rings. The molecule has 2 aliphatic heterocycles. The lowest BCUT2D eigenvalue weighted by Crippen LogP contribution is -2.47. The third-order valence-corrected chi connectivity index (χ3v) is 9.79. The Balaban J connectivity index is 1.15. The molecule has 0 radical (unpaired) electrons. The summed E-state index contributed by atoms with van der Waals surface area (Å²) in [6.45, 7) is 2.51. The van der Waals surface area contributed by atoms with Gasteiger partial charge in [-0.2, -0.15) is 18.2 Å². The van der Waals surface area contributed by atoms with Crippen molar-refractivity contribution in [3.05, 3.63) is 89.1 Å². The van der Waals surface area contributed by atoms with Crippen LogP contribution in [-0.4, -0.2) is 59.2 Å². The summed E-state index contributed by atoms with van der Waals surface area (Å²) in [5, 5.41) is 4.58. The number of aromatic amines is 1. The van der Waals surface area contributed by atoms with E-state index in [4.69, 9.17) is 15.2 Å². The van der Waals surface area contributed by atoms with Crippen LogP contribution >= 0.6 is 0 Å². The Bertz CT molecular complexity index is 2120. The number of para-hydroxylation sites is 1. The first kappa shape index (κ1) is 29.8. The number of halogens is 3. The van der Waals surface area contributed by atoms with E-state index in [9.17, 15) is 22.0 Å². The van der Waals surface area contributed by atoms with E-state index in [0.717, 1.165) is 16.4 Å². The van der Waals surface area contributed by atoms with Crippen molar-refractivity contribution in [2.75, 3.05) is 29.8 Å². The minimum absolute atomic E-state index is 0.0229. The maximum absolute atomic E-state index is 15.3. The van der Waals surface area contributed by atoms with Gasteiger partial charge in [-0.05, 0) is 55.7 Å². The summed E-state index contributed by atoms with van der Waals surface area (Å²) in [5.74, 6) is -3.77. The second-order valence-electron chi connectivity index (χ2n) is 11.2. The van der Waals surface area contributed by atoms with Crippen LogP contribution in [-0.2, 0) is 14.9 Å². The standard InChI is InChI=1S/C30H26F3N7O5S/c1-16-9-26(45-28-19(31)3-2-4-20(28)32)35-14-25(16)40-29(34)18(13-36-40)27(41)23-11-17-10-21(33)24(12-22(17)37-23)39-15-30(38-46(39,42)43)5-7-44-8-6-30/h2-4,9-14,37-38H,5-8,15,34H2,1H3. The van der Waals surface area contributed by atoms with E-state index in [2.05, 4.69) is 19.8 Å². The largest absolute Gasteiger partial charge is 0.433 e. The molecular weight excluding hydrogens is 627 g/mol. The predicted molar refractivity (Wildman–Crippen MR) is 161 cm³/mol. The van der Waals surface area contributed by atoms with Crippen molar-refractivity contribution in [1.82, 2.24) is 24.5 Å². The highest BCUT2D eigenvalue weighted by Gasteiger charge is 2.48. The highest BCUT2D eigenvalue weighted by Crippen LogP contribution is 2.36. The molecule has 2 saturated heterocycles. The molecule has 0 aliphatic carbocycles.